The topological polar surface area (TPSA) is 155 Å². The molecule has 9 nitrogen and oxygen atoms in total. The van der Waals surface area contributed by atoms with Crippen LogP contribution in [0.2, 0.25) is 0 Å². The molecule has 0 saturated heterocycles. The summed E-state index contributed by atoms with van der Waals surface area (Å²) in [6.07, 6.45) is 0.708. The Morgan fingerprint density at radius 3 is 2.62 bits per heavy atom. The fourth-order valence-electron chi connectivity index (χ4n) is 2.23. The molecule has 0 aliphatic heterocycles. The molecule has 1 amide bonds. The van der Waals surface area contributed by atoms with E-state index in [0.717, 1.165) is 10.6 Å². The highest BCUT2D eigenvalue weighted by Gasteiger charge is 2.08. The van der Waals surface area contributed by atoms with E-state index in [1.54, 1.807) is 19.9 Å². The van der Waals surface area contributed by atoms with E-state index in [1.165, 1.54) is 11.8 Å². The minimum absolute atomic E-state index is 0.0346. The van der Waals surface area contributed by atoms with Crippen molar-refractivity contribution in [1.29, 1.82) is 5.41 Å². The third kappa shape index (κ3) is 7.88. The van der Waals surface area contributed by atoms with Gasteiger partial charge in [-0.1, -0.05) is 6.92 Å². The number of rotatable bonds is 10. The monoisotopic (exact) mass is 414 g/mol. The second-order valence-electron chi connectivity index (χ2n) is 6.20. The molecule has 1 aromatic carbocycles. The summed E-state index contributed by atoms with van der Waals surface area (Å²) in [4.78, 5) is 25.6. The first-order chi connectivity index (χ1) is 13.9. The Labute approximate surface area is 174 Å². The Morgan fingerprint density at radius 2 is 2.00 bits per heavy atom. The van der Waals surface area contributed by atoms with Crippen LogP contribution in [0.15, 0.2) is 45.4 Å². The maximum atomic E-state index is 11.5. The van der Waals surface area contributed by atoms with E-state index in [9.17, 15) is 4.79 Å². The summed E-state index contributed by atoms with van der Waals surface area (Å²) < 4.78 is 0. The van der Waals surface area contributed by atoms with Crippen molar-refractivity contribution in [2.24, 2.45) is 16.5 Å². The Bertz CT molecular complexity index is 882. The van der Waals surface area contributed by atoms with Crippen LogP contribution >= 0.6 is 11.8 Å². The maximum Gasteiger partial charge on any atom is 0.224 e. The Hall–Kier alpha value is -2.98. The molecule has 154 valence electrons. The van der Waals surface area contributed by atoms with Crippen molar-refractivity contribution in [3.8, 4) is 0 Å². The van der Waals surface area contributed by atoms with E-state index in [-0.39, 0.29) is 12.3 Å². The number of benzene rings is 1. The van der Waals surface area contributed by atoms with Crippen molar-refractivity contribution in [2.45, 2.75) is 36.7 Å². The lowest BCUT2D eigenvalue weighted by atomic mass is 10.3. The lowest BCUT2D eigenvalue weighted by Gasteiger charge is -2.09. The molecular formula is C19H26N8OS. The summed E-state index contributed by atoms with van der Waals surface area (Å²) in [7, 11) is 0. The zero-order valence-corrected chi connectivity index (χ0v) is 17.3. The molecule has 10 heteroatoms. The van der Waals surface area contributed by atoms with Crippen LogP contribution in [-0.2, 0) is 4.79 Å². The van der Waals surface area contributed by atoms with E-state index in [4.69, 9.17) is 16.9 Å². The molecule has 0 saturated carbocycles. The first-order valence-electron chi connectivity index (χ1n) is 9.17. The summed E-state index contributed by atoms with van der Waals surface area (Å²) >= 11 is 1.37. The second kappa shape index (κ2) is 11.1. The summed E-state index contributed by atoms with van der Waals surface area (Å²) in [5, 5.41) is 14.0. The van der Waals surface area contributed by atoms with Gasteiger partial charge in [0.25, 0.3) is 0 Å². The van der Waals surface area contributed by atoms with Crippen LogP contribution in [0.1, 0.15) is 26.7 Å². The summed E-state index contributed by atoms with van der Waals surface area (Å²) in [6, 6.07) is 9.12. The number of nitrogens with zero attached hydrogens (tertiary/aromatic N) is 3. The van der Waals surface area contributed by atoms with Crippen LogP contribution in [0.25, 0.3) is 0 Å². The number of hydrogen-bond acceptors (Lipinski definition) is 8. The molecule has 0 fully saturated rings. The predicted molar refractivity (Wildman–Crippen MR) is 118 cm³/mol. The Morgan fingerprint density at radius 1 is 1.28 bits per heavy atom. The van der Waals surface area contributed by atoms with E-state index in [2.05, 4.69) is 25.6 Å². The first-order valence-corrected chi connectivity index (χ1v) is 9.99. The molecular weight excluding hydrogens is 388 g/mol. The number of nitrogens with two attached hydrogens (primary N) is 2. The number of aromatic nitrogens is 2. The molecule has 0 unspecified atom stereocenters. The molecule has 0 atom stereocenters. The molecule has 0 aliphatic carbocycles. The van der Waals surface area contributed by atoms with E-state index >= 15 is 0 Å². The van der Waals surface area contributed by atoms with E-state index in [0.29, 0.717) is 47.8 Å². The lowest BCUT2D eigenvalue weighted by Crippen LogP contribution is -2.15. The highest BCUT2D eigenvalue weighted by molar-refractivity contribution is 7.99. The van der Waals surface area contributed by atoms with Gasteiger partial charge in [0.1, 0.15) is 11.7 Å². The third-order valence-corrected chi connectivity index (χ3v) is 4.39. The van der Waals surface area contributed by atoms with Crippen LogP contribution in [0.4, 0.5) is 17.3 Å². The SMILES string of the molecule is CCC(=O)Nc1ccc(Sc2nc(N=C(N)CC(C)=N)cc(NCCN)n2)cc1. The molecule has 0 radical (unpaired) electrons. The van der Waals surface area contributed by atoms with Crippen molar-refractivity contribution in [3.05, 3.63) is 30.3 Å². The Balaban J connectivity index is 2.22. The molecule has 2 rings (SSSR count). The summed E-state index contributed by atoms with van der Waals surface area (Å²) in [5.41, 5.74) is 12.6. The standard InChI is InChI=1S/C19H26N8OS/c1-3-18(28)24-13-4-6-14(7-5-13)29-19-26-16(23-9-8-20)11-17(27-19)25-15(22)10-12(2)21/h4-7,11,21H,3,8-10,20H2,1-2H3,(H,24,28)(H3,22,23,25,26,27). The number of nitrogens with one attached hydrogen (secondary N) is 3. The van der Waals surface area contributed by atoms with Crippen molar-refractivity contribution in [2.75, 3.05) is 23.7 Å². The van der Waals surface area contributed by atoms with Gasteiger partial charge >= 0.3 is 0 Å². The molecule has 1 heterocycles. The van der Waals surface area contributed by atoms with Gasteiger partial charge in [-0.15, -0.1) is 0 Å². The van der Waals surface area contributed by atoms with Crippen LogP contribution in [-0.4, -0.2) is 40.5 Å². The third-order valence-electron chi connectivity index (χ3n) is 3.52. The number of amidine groups is 1. The fraction of sp³-hybridized carbons (Fsp3) is 0.316. The maximum absolute atomic E-state index is 11.5. The fourth-order valence-corrected chi connectivity index (χ4v) is 2.99. The van der Waals surface area contributed by atoms with Gasteiger partial charge < -0.3 is 27.5 Å². The van der Waals surface area contributed by atoms with Gasteiger partial charge in [-0.05, 0) is 43.0 Å². The van der Waals surface area contributed by atoms with Crippen molar-refractivity contribution in [3.63, 3.8) is 0 Å². The minimum atomic E-state index is -0.0346. The molecule has 29 heavy (non-hydrogen) atoms. The lowest BCUT2D eigenvalue weighted by molar-refractivity contribution is -0.115. The average Bonchev–Trinajstić information content (AvgIpc) is 2.67. The van der Waals surface area contributed by atoms with Crippen LogP contribution in [0, 0.1) is 5.41 Å². The zero-order valence-electron chi connectivity index (χ0n) is 16.5. The van der Waals surface area contributed by atoms with Crippen LogP contribution < -0.4 is 22.1 Å². The molecule has 2 aromatic rings. The van der Waals surface area contributed by atoms with Gasteiger partial charge in [0.05, 0.1) is 0 Å². The van der Waals surface area contributed by atoms with E-state index in [1.807, 2.05) is 24.3 Å². The highest BCUT2D eigenvalue weighted by atomic mass is 32.2. The number of amides is 1. The number of carbonyl (C=O) groups excluding carboxylic acids is 1. The van der Waals surface area contributed by atoms with Crippen molar-refractivity contribution in [1.82, 2.24) is 9.97 Å². The quantitative estimate of drug-likeness (QED) is 0.227. The van der Waals surface area contributed by atoms with Gasteiger partial charge in [-0.2, -0.15) is 0 Å². The van der Waals surface area contributed by atoms with Crippen LogP contribution in [0.5, 0.6) is 0 Å². The number of aliphatic imine (C=N–C) groups is 1. The summed E-state index contributed by atoms with van der Waals surface area (Å²) in [6.45, 7) is 4.50. The van der Waals surface area contributed by atoms with E-state index < -0.39 is 0 Å². The molecule has 0 aliphatic rings. The Kier molecular flexibility index (Phi) is 8.56. The van der Waals surface area contributed by atoms with Gasteiger partial charge in [-0.25, -0.2) is 15.0 Å². The molecule has 7 N–H and O–H groups in total. The van der Waals surface area contributed by atoms with Gasteiger partial charge in [0, 0.05) is 48.3 Å². The summed E-state index contributed by atoms with van der Waals surface area (Å²) in [5.74, 6) is 1.28. The van der Waals surface area contributed by atoms with Crippen LogP contribution in [0.3, 0.4) is 0 Å². The molecule has 1 aromatic heterocycles. The number of carbonyl (C=O) groups is 1. The van der Waals surface area contributed by atoms with Crippen molar-refractivity contribution < 1.29 is 4.79 Å². The second-order valence-corrected chi connectivity index (χ2v) is 7.24. The largest absolute Gasteiger partial charge is 0.387 e. The highest BCUT2D eigenvalue weighted by Crippen LogP contribution is 2.28. The average molecular weight is 415 g/mol. The number of hydrogen-bond donors (Lipinski definition) is 5. The van der Waals surface area contributed by atoms with Gasteiger partial charge in [0.2, 0.25) is 5.91 Å². The van der Waals surface area contributed by atoms with Gasteiger partial charge in [0.15, 0.2) is 11.0 Å². The predicted octanol–water partition coefficient (Wildman–Crippen LogP) is 2.77. The first kappa shape index (κ1) is 22.3. The smallest absolute Gasteiger partial charge is 0.224 e. The number of anilines is 2. The van der Waals surface area contributed by atoms with Gasteiger partial charge in [-0.3, -0.25) is 4.79 Å². The molecule has 0 bridgehead atoms. The molecule has 0 spiro atoms. The minimum Gasteiger partial charge on any atom is -0.387 e. The zero-order chi connectivity index (χ0) is 21.2. The van der Waals surface area contributed by atoms with Crippen molar-refractivity contribution >= 4 is 46.5 Å². The normalized spacial score (nSPS) is 11.2.